The maximum atomic E-state index is 11.3. The van der Waals surface area contributed by atoms with Crippen molar-refractivity contribution in [3.63, 3.8) is 0 Å². The molecule has 0 aromatic rings. The molecular formula is C10H14O4. The molecule has 0 spiro atoms. The summed E-state index contributed by atoms with van der Waals surface area (Å²) in [7, 11) is 0. The van der Waals surface area contributed by atoms with Gasteiger partial charge < -0.3 is 9.84 Å². The highest BCUT2D eigenvalue weighted by Gasteiger charge is 2.47. The van der Waals surface area contributed by atoms with Gasteiger partial charge >= 0.3 is 11.9 Å². The van der Waals surface area contributed by atoms with Gasteiger partial charge in [-0.2, -0.15) is 0 Å². The zero-order valence-electron chi connectivity index (χ0n) is 8.53. The minimum Gasteiger partial charge on any atom is -0.478 e. The Morgan fingerprint density at radius 1 is 1.71 bits per heavy atom. The molecule has 1 heterocycles. The minimum absolute atomic E-state index is 0.205. The molecule has 1 N–H and O–H groups in total. The highest BCUT2D eigenvalue weighted by molar-refractivity contribution is 5.93. The standard InChI is InChI=1S/C10H14O4/c1-4-7-5-6(2)10(3,9(12)13)14-8(7)11/h4,6H,5H2,1-3H3,(H,12,13)/b7-4-/t6-,10-/m1/s1. The van der Waals surface area contributed by atoms with Gasteiger partial charge in [0.05, 0.1) is 0 Å². The molecular weight excluding hydrogens is 184 g/mol. The summed E-state index contributed by atoms with van der Waals surface area (Å²) in [6, 6.07) is 0. The zero-order chi connectivity index (χ0) is 10.9. The van der Waals surface area contributed by atoms with Crippen molar-refractivity contribution < 1.29 is 19.4 Å². The topological polar surface area (TPSA) is 63.6 Å². The van der Waals surface area contributed by atoms with Crippen LogP contribution in [0.25, 0.3) is 0 Å². The Balaban J connectivity index is 2.97. The summed E-state index contributed by atoms with van der Waals surface area (Å²) in [5, 5.41) is 8.95. The number of aliphatic carboxylic acids is 1. The van der Waals surface area contributed by atoms with Gasteiger partial charge in [-0.3, -0.25) is 0 Å². The normalized spacial score (nSPS) is 35.5. The fourth-order valence-electron chi connectivity index (χ4n) is 1.46. The molecule has 0 saturated carbocycles. The van der Waals surface area contributed by atoms with Gasteiger partial charge in [-0.1, -0.05) is 13.0 Å². The third kappa shape index (κ3) is 1.52. The quantitative estimate of drug-likeness (QED) is 0.510. The van der Waals surface area contributed by atoms with Crippen LogP contribution in [-0.4, -0.2) is 22.6 Å². The number of ether oxygens (including phenoxy) is 1. The van der Waals surface area contributed by atoms with E-state index < -0.39 is 17.5 Å². The van der Waals surface area contributed by atoms with Crippen LogP contribution in [0.4, 0.5) is 0 Å². The molecule has 0 radical (unpaired) electrons. The Hall–Kier alpha value is -1.32. The summed E-state index contributed by atoms with van der Waals surface area (Å²) in [5.41, 5.74) is -0.833. The summed E-state index contributed by atoms with van der Waals surface area (Å²) in [5.74, 6) is -1.81. The van der Waals surface area contributed by atoms with Crippen LogP contribution in [0, 0.1) is 5.92 Å². The molecule has 0 unspecified atom stereocenters. The first-order valence-corrected chi connectivity index (χ1v) is 4.53. The van der Waals surface area contributed by atoms with Crippen LogP contribution in [0.1, 0.15) is 27.2 Å². The van der Waals surface area contributed by atoms with Gasteiger partial charge in [0.2, 0.25) is 5.60 Å². The van der Waals surface area contributed by atoms with Gasteiger partial charge in [-0.15, -0.1) is 0 Å². The SMILES string of the molecule is C/C=C1/C[C@@H](C)[C@](C)(C(=O)O)OC1=O. The van der Waals surface area contributed by atoms with Crippen molar-refractivity contribution in [3.8, 4) is 0 Å². The summed E-state index contributed by atoms with van der Waals surface area (Å²) in [6.45, 7) is 4.95. The largest absolute Gasteiger partial charge is 0.478 e. The van der Waals surface area contributed by atoms with Crippen molar-refractivity contribution in [1.82, 2.24) is 0 Å². The van der Waals surface area contributed by atoms with Gasteiger partial charge in [0, 0.05) is 11.5 Å². The molecule has 0 aromatic carbocycles. The number of carboxylic acids is 1. The summed E-state index contributed by atoms with van der Waals surface area (Å²) >= 11 is 0. The highest BCUT2D eigenvalue weighted by Crippen LogP contribution is 2.34. The number of carboxylic acid groups (broad SMARTS) is 1. The molecule has 0 aliphatic carbocycles. The monoisotopic (exact) mass is 198 g/mol. The molecule has 4 heteroatoms. The first kappa shape index (κ1) is 10.8. The first-order chi connectivity index (χ1) is 6.41. The molecule has 0 bridgehead atoms. The summed E-state index contributed by atoms with van der Waals surface area (Å²) < 4.78 is 4.94. The predicted octanol–water partition coefficient (Wildman–Crippen LogP) is 1.36. The predicted molar refractivity (Wildman–Crippen MR) is 49.7 cm³/mol. The minimum atomic E-state index is -1.39. The van der Waals surface area contributed by atoms with Crippen molar-refractivity contribution in [2.24, 2.45) is 5.92 Å². The lowest BCUT2D eigenvalue weighted by molar-refractivity contribution is -0.184. The number of allylic oxidation sites excluding steroid dienone is 1. The second-order valence-corrected chi connectivity index (χ2v) is 3.72. The first-order valence-electron chi connectivity index (χ1n) is 4.53. The van der Waals surface area contributed by atoms with Crippen molar-refractivity contribution in [1.29, 1.82) is 0 Å². The van der Waals surface area contributed by atoms with Gasteiger partial charge in [0.25, 0.3) is 0 Å². The van der Waals surface area contributed by atoms with Crippen LogP contribution in [0.3, 0.4) is 0 Å². The number of hydrogen-bond donors (Lipinski definition) is 1. The van der Waals surface area contributed by atoms with Crippen LogP contribution in [0.2, 0.25) is 0 Å². The number of cyclic esters (lactones) is 1. The van der Waals surface area contributed by atoms with E-state index in [9.17, 15) is 9.59 Å². The molecule has 1 aliphatic heterocycles. The molecule has 4 nitrogen and oxygen atoms in total. The van der Waals surface area contributed by atoms with Gasteiger partial charge in [-0.25, -0.2) is 9.59 Å². The Kier molecular flexibility index (Phi) is 2.64. The third-order valence-electron chi connectivity index (χ3n) is 2.81. The number of esters is 1. The number of hydrogen-bond acceptors (Lipinski definition) is 3. The van der Waals surface area contributed by atoms with Crippen LogP contribution >= 0.6 is 0 Å². The Morgan fingerprint density at radius 2 is 2.29 bits per heavy atom. The highest BCUT2D eigenvalue weighted by atomic mass is 16.6. The van der Waals surface area contributed by atoms with Gasteiger partial charge in [0.1, 0.15) is 0 Å². The number of carbonyl (C=O) groups is 2. The van der Waals surface area contributed by atoms with E-state index in [0.29, 0.717) is 12.0 Å². The Bertz CT molecular complexity index is 305. The lowest BCUT2D eigenvalue weighted by Crippen LogP contribution is -2.49. The summed E-state index contributed by atoms with van der Waals surface area (Å²) in [6.07, 6.45) is 2.12. The molecule has 0 aromatic heterocycles. The molecule has 1 aliphatic rings. The van der Waals surface area contributed by atoms with E-state index in [0.717, 1.165) is 0 Å². The van der Waals surface area contributed by atoms with Crippen LogP contribution in [-0.2, 0) is 14.3 Å². The number of rotatable bonds is 1. The number of carbonyl (C=O) groups excluding carboxylic acids is 1. The van der Waals surface area contributed by atoms with Crippen molar-refractivity contribution in [2.75, 3.05) is 0 Å². The van der Waals surface area contributed by atoms with Crippen molar-refractivity contribution >= 4 is 11.9 Å². The van der Waals surface area contributed by atoms with E-state index in [4.69, 9.17) is 9.84 Å². The van der Waals surface area contributed by atoms with Crippen molar-refractivity contribution in [3.05, 3.63) is 11.6 Å². The van der Waals surface area contributed by atoms with E-state index in [-0.39, 0.29) is 5.92 Å². The van der Waals surface area contributed by atoms with E-state index in [1.807, 2.05) is 0 Å². The van der Waals surface area contributed by atoms with E-state index in [1.54, 1.807) is 19.9 Å². The third-order valence-corrected chi connectivity index (χ3v) is 2.81. The van der Waals surface area contributed by atoms with Gasteiger partial charge in [-0.05, 0) is 20.3 Å². The molecule has 1 saturated heterocycles. The molecule has 0 amide bonds. The molecule has 14 heavy (non-hydrogen) atoms. The lowest BCUT2D eigenvalue weighted by Gasteiger charge is -2.35. The molecule has 1 rings (SSSR count). The molecule has 78 valence electrons. The van der Waals surface area contributed by atoms with E-state index >= 15 is 0 Å². The van der Waals surface area contributed by atoms with Gasteiger partial charge in [0.15, 0.2) is 0 Å². The lowest BCUT2D eigenvalue weighted by atomic mass is 9.82. The van der Waals surface area contributed by atoms with Crippen LogP contribution in [0.5, 0.6) is 0 Å². The Labute approximate surface area is 82.6 Å². The Morgan fingerprint density at radius 3 is 2.71 bits per heavy atom. The molecule has 1 fully saturated rings. The maximum Gasteiger partial charge on any atom is 0.348 e. The van der Waals surface area contributed by atoms with Crippen LogP contribution in [0.15, 0.2) is 11.6 Å². The van der Waals surface area contributed by atoms with E-state index in [1.165, 1.54) is 6.92 Å². The average Bonchev–Trinajstić information content (AvgIpc) is 2.11. The zero-order valence-corrected chi connectivity index (χ0v) is 8.53. The van der Waals surface area contributed by atoms with Crippen molar-refractivity contribution in [2.45, 2.75) is 32.8 Å². The van der Waals surface area contributed by atoms with E-state index in [2.05, 4.69) is 0 Å². The average molecular weight is 198 g/mol. The fourth-order valence-corrected chi connectivity index (χ4v) is 1.46. The smallest absolute Gasteiger partial charge is 0.348 e. The second-order valence-electron chi connectivity index (χ2n) is 3.72. The maximum absolute atomic E-state index is 11.3. The second kappa shape index (κ2) is 3.44. The molecule has 2 atom stereocenters. The summed E-state index contributed by atoms with van der Waals surface area (Å²) in [4.78, 5) is 22.3. The van der Waals surface area contributed by atoms with Crippen LogP contribution < -0.4 is 0 Å². The fraction of sp³-hybridized carbons (Fsp3) is 0.600.